The van der Waals surface area contributed by atoms with Crippen LogP contribution in [0.1, 0.15) is 27.7 Å². The molecule has 392 valence electrons. The van der Waals surface area contributed by atoms with Crippen molar-refractivity contribution in [1.82, 2.24) is 18.3 Å². The van der Waals surface area contributed by atoms with E-state index >= 15 is 0 Å². The molecule has 4 aromatic heterocycles. The van der Waals surface area contributed by atoms with E-state index in [1.807, 2.05) is 0 Å². The van der Waals surface area contributed by atoms with Crippen LogP contribution in [0.15, 0.2) is 74.9 Å². The van der Waals surface area contributed by atoms with Crippen LogP contribution in [0.3, 0.4) is 0 Å². The van der Waals surface area contributed by atoms with Crippen molar-refractivity contribution in [1.29, 1.82) is 0 Å². The molecule has 0 fully saturated rings. The van der Waals surface area contributed by atoms with Gasteiger partial charge in [0, 0.05) is 0 Å². The Morgan fingerprint density at radius 3 is 0.652 bits per heavy atom. The van der Waals surface area contributed by atoms with Gasteiger partial charge >= 0.3 is 0 Å². The molecule has 0 aromatic carbocycles. The SMILES string of the molecule is CCn1cc[n+](CCOCCOCCOCC(COCCOCCOCC[n+]2ccn(CC)c2)(COCCOCCOCC[n+]2ccn(CC)c2)COCCOCCOCC[n+]2ccn(CC)c2)c1. The quantitative estimate of drug-likeness (QED) is 0.0467. The average Bonchev–Trinajstić information content (AvgIpc) is 4.22. The van der Waals surface area contributed by atoms with Gasteiger partial charge in [-0.05, 0) is 27.7 Å². The van der Waals surface area contributed by atoms with E-state index in [1.54, 1.807) is 0 Å². The molecule has 69 heavy (non-hydrogen) atoms. The Bertz CT molecular complexity index is 1530. The summed E-state index contributed by atoms with van der Waals surface area (Å²) in [6.07, 6.45) is 24.8. The van der Waals surface area contributed by atoms with E-state index in [1.165, 1.54) is 0 Å². The molecule has 20 nitrogen and oxygen atoms in total. The monoisotopic (exact) mass is 981 g/mol. The number of hydrogen-bond acceptors (Lipinski definition) is 12. The number of rotatable bonds is 48. The molecule has 4 rings (SSSR count). The number of aromatic nitrogens is 8. The van der Waals surface area contributed by atoms with Crippen molar-refractivity contribution in [2.45, 2.75) is 80.1 Å². The maximum Gasteiger partial charge on any atom is 0.243 e. The van der Waals surface area contributed by atoms with E-state index in [0.29, 0.717) is 159 Å². The lowest BCUT2D eigenvalue weighted by Gasteiger charge is -2.33. The summed E-state index contributed by atoms with van der Waals surface area (Å²) in [4.78, 5) is 0. The summed E-state index contributed by atoms with van der Waals surface area (Å²) in [5.74, 6) is 0. The zero-order chi connectivity index (χ0) is 48.7. The summed E-state index contributed by atoms with van der Waals surface area (Å²) in [6.45, 7) is 26.5. The van der Waals surface area contributed by atoms with Crippen molar-refractivity contribution < 1.29 is 75.1 Å². The van der Waals surface area contributed by atoms with Crippen LogP contribution in [-0.2, 0) is 109 Å². The molecule has 0 saturated carbocycles. The lowest BCUT2D eigenvalue weighted by atomic mass is 9.92. The van der Waals surface area contributed by atoms with E-state index in [2.05, 4.69) is 139 Å². The summed E-state index contributed by atoms with van der Waals surface area (Å²) < 4.78 is 88.6. The van der Waals surface area contributed by atoms with Crippen LogP contribution >= 0.6 is 0 Å². The van der Waals surface area contributed by atoms with Gasteiger partial charge in [0.15, 0.2) is 0 Å². The van der Waals surface area contributed by atoms with Gasteiger partial charge in [0.05, 0.1) is 190 Å². The molecule has 4 aromatic rings. The Morgan fingerprint density at radius 2 is 0.464 bits per heavy atom. The van der Waals surface area contributed by atoms with Crippen molar-refractivity contribution in [3.05, 3.63) is 74.9 Å². The molecule has 0 N–H and O–H groups in total. The minimum Gasteiger partial charge on any atom is -0.378 e. The van der Waals surface area contributed by atoms with Gasteiger partial charge in [0.1, 0.15) is 75.8 Å². The molecule has 0 aliphatic rings. The third-order valence-electron chi connectivity index (χ3n) is 11.0. The van der Waals surface area contributed by atoms with Crippen LogP contribution in [-0.4, -0.2) is 177 Å². The molecule has 0 bridgehead atoms. The Morgan fingerprint density at radius 1 is 0.275 bits per heavy atom. The highest BCUT2D eigenvalue weighted by atomic mass is 16.6. The number of ether oxygens (including phenoxy) is 12. The first-order valence-corrected chi connectivity index (χ1v) is 25.2. The van der Waals surface area contributed by atoms with Gasteiger partial charge in [-0.25, -0.2) is 36.5 Å². The van der Waals surface area contributed by atoms with Gasteiger partial charge in [-0.15, -0.1) is 0 Å². The highest BCUT2D eigenvalue weighted by Crippen LogP contribution is 2.21. The van der Waals surface area contributed by atoms with Gasteiger partial charge in [-0.1, -0.05) is 0 Å². The molecule has 0 unspecified atom stereocenters. The van der Waals surface area contributed by atoms with E-state index in [9.17, 15) is 0 Å². The predicted molar refractivity (Wildman–Crippen MR) is 253 cm³/mol. The van der Waals surface area contributed by atoms with E-state index in [0.717, 1.165) is 52.4 Å². The standard InChI is InChI=1S/C49H88N8O12/c1-5-50-9-13-54(45-50)17-21-58-25-29-62-33-37-66-41-49(42-67-38-34-63-30-26-59-22-18-55-14-10-51(6-2)46-55,43-68-39-35-64-31-27-60-23-19-56-15-11-52(7-3)47-56)44-69-40-36-65-32-28-61-24-20-57-16-12-53(8-4)48-57/h9-16,45-48H,5-8,17-44H2,1-4H3/q+4. The molecule has 0 aliphatic carbocycles. The topological polar surface area (TPSA) is 146 Å². The van der Waals surface area contributed by atoms with Gasteiger partial charge < -0.3 is 56.8 Å². The third kappa shape index (κ3) is 27.0. The first-order valence-electron chi connectivity index (χ1n) is 25.2. The van der Waals surface area contributed by atoms with Crippen molar-refractivity contribution in [2.75, 3.05) is 159 Å². The second kappa shape index (κ2) is 38.1. The molecule has 0 spiro atoms. The molecular formula is C49H88N8O12+4. The van der Waals surface area contributed by atoms with E-state index in [4.69, 9.17) is 56.8 Å². The van der Waals surface area contributed by atoms with Crippen molar-refractivity contribution in [3.63, 3.8) is 0 Å². The summed E-state index contributed by atoms with van der Waals surface area (Å²) in [6, 6.07) is 0. The highest BCUT2D eigenvalue weighted by Gasteiger charge is 2.32. The maximum atomic E-state index is 6.25. The second-order valence-electron chi connectivity index (χ2n) is 16.5. The summed E-state index contributed by atoms with van der Waals surface area (Å²) >= 11 is 0. The number of imidazole rings is 4. The van der Waals surface area contributed by atoms with Crippen LogP contribution < -0.4 is 18.3 Å². The molecule has 0 radical (unpaired) electrons. The molecule has 0 aliphatic heterocycles. The lowest BCUT2D eigenvalue weighted by Crippen LogP contribution is -2.43. The normalized spacial score (nSPS) is 12.0. The zero-order valence-corrected chi connectivity index (χ0v) is 42.5. The highest BCUT2D eigenvalue weighted by molar-refractivity contribution is 4.80. The summed E-state index contributed by atoms with van der Waals surface area (Å²) in [5, 5.41) is 0. The van der Waals surface area contributed by atoms with Gasteiger partial charge in [-0.3, -0.25) is 0 Å². The molecule has 0 amide bonds. The van der Waals surface area contributed by atoms with Crippen LogP contribution in [0.4, 0.5) is 0 Å². The van der Waals surface area contributed by atoms with Gasteiger partial charge in [0.2, 0.25) is 25.3 Å². The number of aryl methyl sites for hydroxylation is 4. The minimum absolute atomic E-state index is 0.332. The molecule has 0 atom stereocenters. The third-order valence-corrected chi connectivity index (χ3v) is 11.0. The fourth-order valence-corrected chi connectivity index (χ4v) is 6.88. The van der Waals surface area contributed by atoms with Crippen molar-refractivity contribution in [2.24, 2.45) is 5.41 Å². The van der Waals surface area contributed by atoms with E-state index < -0.39 is 5.41 Å². The van der Waals surface area contributed by atoms with Crippen molar-refractivity contribution >= 4 is 0 Å². The molecule has 20 heteroatoms. The Labute approximate surface area is 411 Å². The van der Waals surface area contributed by atoms with Crippen LogP contribution in [0.2, 0.25) is 0 Å². The smallest absolute Gasteiger partial charge is 0.243 e. The molecule has 4 heterocycles. The van der Waals surface area contributed by atoms with E-state index in [-0.39, 0.29) is 0 Å². The van der Waals surface area contributed by atoms with Gasteiger partial charge in [-0.2, -0.15) is 0 Å². The first kappa shape index (κ1) is 57.9. The Hall–Kier alpha value is -3.64. The van der Waals surface area contributed by atoms with Crippen LogP contribution in [0.5, 0.6) is 0 Å². The first-order chi connectivity index (χ1) is 34.0. The van der Waals surface area contributed by atoms with Crippen LogP contribution in [0, 0.1) is 5.41 Å². The molecular weight excluding hydrogens is 893 g/mol. The van der Waals surface area contributed by atoms with Crippen molar-refractivity contribution in [3.8, 4) is 0 Å². The van der Waals surface area contributed by atoms with Crippen LogP contribution in [0.25, 0.3) is 0 Å². The Kier molecular flexibility index (Phi) is 32.0. The maximum absolute atomic E-state index is 6.25. The Balaban J connectivity index is 1.18. The van der Waals surface area contributed by atoms with Gasteiger partial charge in [0.25, 0.3) is 0 Å². The minimum atomic E-state index is -0.621. The molecule has 0 saturated heterocycles. The fourth-order valence-electron chi connectivity index (χ4n) is 6.88. The second-order valence-corrected chi connectivity index (χ2v) is 16.5. The largest absolute Gasteiger partial charge is 0.378 e. The lowest BCUT2D eigenvalue weighted by molar-refractivity contribution is -0.698. The number of hydrogen-bond donors (Lipinski definition) is 0. The summed E-state index contributed by atoms with van der Waals surface area (Å²) in [7, 11) is 0. The number of nitrogens with zero attached hydrogens (tertiary/aromatic N) is 8. The summed E-state index contributed by atoms with van der Waals surface area (Å²) in [5.41, 5.74) is -0.621. The average molecular weight is 981 g/mol. The predicted octanol–water partition coefficient (Wildman–Crippen LogP) is 1.41. The zero-order valence-electron chi connectivity index (χ0n) is 42.5. The fraction of sp³-hybridized carbons (Fsp3) is 0.755.